The number of urea groups is 1. The molecular weight excluding hydrogens is 413 g/mol. The van der Waals surface area contributed by atoms with Crippen molar-refractivity contribution < 1.29 is 18.8 Å². The Kier molecular flexibility index (Phi) is 6.64. The van der Waals surface area contributed by atoms with Crippen LogP contribution in [0.1, 0.15) is 38.7 Å². The minimum Gasteiger partial charge on any atom is -0.343 e. The van der Waals surface area contributed by atoms with E-state index >= 15 is 0 Å². The molecule has 2 heterocycles. The summed E-state index contributed by atoms with van der Waals surface area (Å²) < 4.78 is 14.3. The standard InChI is InChI=1S/C23H32FN5O3/c1-14(2)25-23(32)26-17-9-18-12-28(10-16-5-3-4-6-19(16)24)13-20(22(31)29(18)11-17)27-21(30)15-7-8-15/h3-6,14-15,17-18,20H,7-13H2,1-2H3,(H,27,30)(H2,25,26,32)/t17-,18-,20-/m0/s1. The van der Waals surface area contributed by atoms with E-state index in [2.05, 4.69) is 16.0 Å². The molecule has 8 nitrogen and oxygen atoms in total. The highest BCUT2D eigenvalue weighted by molar-refractivity contribution is 5.90. The molecule has 174 valence electrons. The molecule has 32 heavy (non-hydrogen) atoms. The normalized spacial score (nSPS) is 25.9. The number of hydrogen-bond acceptors (Lipinski definition) is 4. The van der Waals surface area contributed by atoms with Gasteiger partial charge in [0.2, 0.25) is 11.8 Å². The molecule has 0 aromatic heterocycles. The predicted octanol–water partition coefficient (Wildman–Crippen LogP) is 1.21. The van der Waals surface area contributed by atoms with Gasteiger partial charge in [-0.2, -0.15) is 0 Å². The van der Waals surface area contributed by atoms with Crippen molar-refractivity contribution in [3.8, 4) is 0 Å². The number of benzene rings is 1. The van der Waals surface area contributed by atoms with Gasteiger partial charge in [-0.15, -0.1) is 0 Å². The van der Waals surface area contributed by atoms with Gasteiger partial charge in [-0.05, 0) is 39.2 Å². The third-order valence-corrected chi connectivity index (χ3v) is 6.28. The van der Waals surface area contributed by atoms with Gasteiger partial charge in [0.25, 0.3) is 0 Å². The highest BCUT2D eigenvalue weighted by Crippen LogP contribution is 2.30. The fraction of sp³-hybridized carbons (Fsp3) is 0.609. The van der Waals surface area contributed by atoms with Gasteiger partial charge < -0.3 is 20.9 Å². The van der Waals surface area contributed by atoms with Crippen molar-refractivity contribution in [1.29, 1.82) is 0 Å². The first-order chi connectivity index (χ1) is 15.3. The molecule has 1 aliphatic carbocycles. The molecule has 3 atom stereocenters. The summed E-state index contributed by atoms with van der Waals surface area (Å²) in [5, 5.41) is 8.70. The van der Waals surface area contributed by atoms with Crippen molar-refractivity contribution in [2.75, 3.05) is 19.6 Å². The van der Waals surface area contributed by atoms with E-state index in [0.29, 0.717) is 38.2 Å². The van der Waals surface area contributed by atoms with Gasteiger partial charge in [-0.1, -0.05) is 18.2 Å². The first-order valence-corrected chi connectivity index (χ1v) is 11.4. The Hall–Kier alpha value is -2.68. The van der Waals surface area contributed by atoms with Gasteiger partial charge in [-0.3, -0.25) is 14.5 Å². The van der Waals surface area contributed by atoms with Crippen molar-refractivity contribution in [2.45, 2.75) is 63.8 Å². The van der Waals surface area contributed by atoms with Crippen LogP contribution in [0.2, 0.25) is 0 Å². The third-order valence-electron chi connectivity index (χ3n) is 6.28. The van der Waals surface area contributed by atoms with Crippen LogP contribution < -0.4 is 16.0 Å². The number of hydrogen-bond donors (Lipinski definition) is 3. The molecular formula is C23H32FN5O3. The highest BCUT2D eigenvalue weighted by Gasteiger charge is 2.44. The van der Waals surface area contributed by atoms with Crippen LogP contribution >= 0.6 is 0 Å². The maximum absolute atomic E-state index is 14.3. The maximum Gasteiger partial charge on any atom is 0.315 e. The second-order valence-electron chi connectivity index (χ2n) is 9.47. The van der Waals surface area contributed by atoms with Crippen molar-refractivity contribution in [3.05, 3.63) is 35.6 Å². The summed E-state index contributed by atoms with van der Waals surface area (Å²) in [6, 6.07) is 5.43. The summed E-state index contributed by atoms with van der Waals surface area (Å²) in [6.07, 6.45) is 2.33. The number of halogens is 1. The number of carbonyl (C=O) groups is 3. The molecule has 4 amide bonds. The van der Waals surface area contributed by atoms with E-state index in [9.17, 15) is 18.8 Å². The van der Waals surface area contributed by atoms with E-state index in [1.165, 1.54) is 6.07 Å². The molecule has 0 unspecified atom stereocenters. The Labute approximate surface area is 187 Å². The molecule has 3 N–H and O–H groups in total. The molecule has 1 aromatic rings. The number of rotatable bonds is 6. The lowest BCUT2D eigenvalue weighted by Crippen LogP contribution is -2.52. The van der Waals surface area contributed by atoms with Crippen LogP contribution in [0.5, 0.6) is 0 Å². The van der Waals surface area contributed by atoms with Crippen molar-refractivity contribution in [1.82, 2.24) is 25.8 Å². The lowest BCUT2D eigenvalue weighted by atomic mass is 10.1. The van der Waals surface area contributed by atoms with E-state index in [4.69, 9.17) is 0 Å². The van der Waals surface area contributed by atoms with E-state index in [0.717, 1.165) is 12.8 Å². The SMILES string of the molecule is CC(C)NC(=O)N[C@H]1C[C@H]2CN(Cc3ccccc3F)C[C@H](NC(=O)C3CC3)C(=O)N2C1. The van der Waals surface area contributed by atoms with Crippen LogP contribution in [0.3, 0.4) is 0 Å². The quantitative estimate of drug-likeness (QED) is 0.614. The minimum absolute atomic E-state index is 0.00501. The van der Waals surface area contributed by atoms with Crippen LogP contribution in [0.15, 0.2) is 24.3 Å². The Morgan fingerprint density at radius 3 is 2.56 bits per heavy atom. The maximum atomic E-state index is 14.3. The van der Waals surface area contributed by atoms with Gasteiger partial charge in [0.05, 0.1) is 6.04 Å². The monoisotopic (exact) mass is 445 g/mol. The number of amides is 4. The van der Waals surface area contributed by atoms with Crippen LogP contribution in [-0.2, 0) is 16.1 Å². The molecule has 1 aromatic carbocycles. The van der Waals surface area contributed by atoms with Crippen molar-refractivity contribution >= 4 is 17.8 Å². The van der Waals surface area contributed by atoms with Gasteiger partial charge in [0, 0.05) is 49.7 Å². The van der Waals surface area contributed by atoms with Crippen LogP contribution in [0.25, 0.3) is 0 Å². The van der Waals surface area contributed by atoms with Crippen LogP contribution in [0.4, 0.5) is 9.18 Å². The summed E-state index contributed by atoms with van der Waals surface area (Å²) in [5.41, 5.74) is 0.560. The molecule has 4 rings (SSSR count). The Morgan fingerprint density at radius 1 is 1.12 bits per heavy atom. The molecule has 3 fully saturated rings. The highest BCUT2D eigenvalue weighted by atomic mass is 19.1. The van der Waals surface area contributed by atoms with E-state index in [1.807, 2.05) is 18.7 Å². The first-order valence-electron chi connectivity index (χ1n) is 11.4. The van der Waals surface area contributed by atoms with E-state index < -0.39 is 6.04 Å². The summed E-state index contributed by atoms with van der Waals surface area (Å²) in [5.74, 6) is -0.504. The molecule has 9 heteroatoms. The Balaban J connectivity index is 1.49. The number of carbonyl (C=O) groups excluding carboxylic acids is 3. The lowest BCUT2D eigenvalue weighted by molar-refractivity contribution is -0.136. The van der Waals surface area contributed by atoms with Crippen molar-refractivity contribution in [2.24, 2.45) is 5.92 Å². The van der Waals surface area contributed by atoms with Crippen LogP contribution in [0, 0.1) is 11.7 Å². The van der Waals surface area contributed by atoms with Gasteiger partial charge in [-0.25, -0.2) is 9.18 Å². The Bertz CT molecular complexity index is 875. The van der Waals surface area contributed by atoms with Gasteiger partial charge >= 0.3 is 6.03 Å². The fourth-order valence-corrected chi connectivity index (χ4v) is 4.60. The topological polar surface area (TPSA) is 93.8 Å². The number of fused-ring (bicyclic) bond motifs is 1. The minimum atomic E-state index is -0.678. The third kappa shape index (κ3) is 5.38. The zero-order chi connectivity index (χ0) is 22.8. The second-order valence-corrected chi connectivity index (χ2v) is 9.47. The first kappa shape index (κ1) is 22.5. The average molecular weight is 446 g/mol. The molecule has 0 radical (unpaired) electrons. The largest absolute Gasteiger partial charge is 0.343 e. The molecule has 0 spiro atoms. The molecule has 1 saturated carbocycles. The average Bonchev–Trinajstić information content (AvgIpc) is 3.51. The molecule has 3 aliphatic rings. The zero-order valence-electron chi connectivity index (χ0n) is 18.6. The van der Waals surface area contributed by atoms with Crippen molar-refractivity contribution in [3.63, 3.8) is 0 Å². The Morgan fingerprint density at radius 2 is 1.88 bits per heavy atom. The number of nitrogens with one attached hydrogen (secondary N) is 3. The molecule has 2 aliphatic heterocycles. The fourth-order valence-electron chi connectivity index (χ4n) is 4.60. The van der Waals surface area contributed by atoms with E-state index in [1.54, 1.807) is 23.1 Å². The summed E-state index contributed by atoms with van der Waals surface area (Å²) in [6.45, 7) is 5.42. The summed E-state index contributed by atoms with van der Waals surface area (Å²) >= 11 is 0. The smallest absolute Gasteiger partial charge is 0.315 e. The van der Waals surface area contributed by atoms with Crippen LogP contribution in [-0.4, -0.2) is 71.4 Å². The van der Waals surface area contributed by atoms with E-state index in [-0.39, 0.29) is 47.7 Å². The zero-order valence-corrected chi connectivity index (χ0v) is 18.6. The van der Waals surface area contributed by atoms with Gasteiger partial charge in [0.15, 0.2) is 0 Å². The second kappa shape index (κ2) is 9.44. The van der Waals surface area contributed by atoms with Gasteiger partial charge in [0.1, 0.15) is 11.9 Å². The lowest BCUT2D eigenvalue weighted by Gasteiger charge is -2.25. The number of nitrogens with zero attached hydrogens (tertiary/aromatic N) is 2. The molecule has 0 bridgehead atoms. The summed E-state index contributed by atoms with van der Waals surface area (Å²) in [7, 11) is 0. The predicted molar refractivity (Wildman–Crippen MR) is 117 cm³/mol. The molecule has 2 saturated heterocycles. The summed E-state index contributed by atoms with van der Waals surface area (Å²) in [4.78, 5) is 41.8.